The van der Waals surface area contributed by atoms with Crippen molar-refractivity contribution in [1.29, 1.82) is 0 Å². The second-order valence-electron chi connectivity index (χ2n) is 5.40. The number of hydrogen-bond acceptors (Lipinski definition) is 3. The summed E-state index contributed by atoms with van der Waals surface area (Å²) in [5.41, 5.74) is 12.2. The molecule has 1 aromatic heterocycles. The monoisotopic (exact) mass is 388 g/mol. The fourth-order valence-corrected chi connectivity index (χ4v) is 2.97. The van der Waals surface area contributed by atoms with Gasteiger partial charge in [0, 0.05) is 33.1 Å². The molecule has 0 bridgehead atoms. The molecule has 2 aromatic carbocycles. The minimum atomic E-state index is -0.555. The first-order valence-electron chi connectivity index (χ1n) is 7.47. The van der Waals surface area contributed by atoms with Gasteiger partial charge in [0.25, 0.3) is 5.91 Å². The van der Waals surface area contributed by atoms with Gasteiger partial charge in [-0.25, -0.2) is 0 Å². The number of guanidine groups is 1. The molecule has 0 saturated heterocycles. The molecule has 0 atom stereocenters. The van der Waals surface area contributed by atoms with E-state index in [2.05, 4.69) is 9.98 Å². The molecule has 4 N–H and O–H groups in total. The van der Waals surface area contributed by atoms with Gasteiger partial charge < -0.3 is 16.2 Å². The van der Waals surface area contributed by atoms with Crippen LogP contribution in [0.4, 0.5) is 0 Å². The van der Waals surface area contributed by atoms with E-state index < -0.39 is 5.91 Å². The molecule has 0 unspecified atom stereocenters. The lowest BCUT2D eigenvalue weighted by Gasteiger charge is -2.12. The van der Waals surface area contributed by atoms with Crippen LogP contribution >= 0.6 is 23.2 Å². The van der Waals surface area contributed by atoms with Gasteiger partial charge in [-0.15, -0.1) is 0 Å². The highest BCUT2D eigenvalue weighted by Gasteiger charge is 2.15. The topological polar surface area (TPSA) is 104 Å². The number of ether oxygens (including phenoxy) is 1. The highest BCUT2D eigenvalue weighted by molar-refractivity contribution is 6.36. The van der Waals surface area contributed by atoms with E-state index in [0.29, 0.717) is 38.0 Å². The zero-order chi connectivity index (χ0) is 18.8. The van der Waals surface area contributed by atoms with Gasteiger partial charge in [0.05, 0.1) is 17.8 Å². The van der Waals surface area contributed by atoms with Gasteiger partial charge in [0.2, 0.25) is 0 Å². The van der Waals surface area contributed by atoms with Gasteiger partial charge in [-0.1, -0.05) is 29.3 Å². The molecule has 0 fully saturated rings. The summed E-state index contributed by atoms with van der Waals surface area (Å²) in [5, 5.41) is 2.38. The summed E-state index contributed by atoms with van der Waals surface area (Å²) >= 11 is 12.3. The second kappa shape index (κ2) is 7.19. The number of pyridine rings is 1. The predicted octanol–water partition coefficient (Wildman–Crippen LogP) is 3.63. The summed E-state index contributed by atoms with van der Waals surface area (Å²) in [6.07, 6.45) is 1.55. The van der Waals surface area contributed by atoms with Gasteiger partial charge in [0.15, 0.2) is 5.96 Å². The number of hydrogen-bond donors (Lipinski definition) is 2. The molecule has 0 aliphatic heterocycles. The Hall–Kier alpha value is -2.83. The Balaban J connectivity index is 2.28. The number of carbonyl (C=O) groups is 1. The van der Waals surface area contributed by atoms with Crippen molar-refractivity contribution in [3.8, 4) is 17.0 Å². The fourth-order valence-electron chi connectivity index (χ4n) is 2.60. The molecular weight excluding hydrogens is 375 g/mol. The summed E-state index contributed by atoms with van der Waals surface area (Å²) < 4.78 is 5.41. The van der Waals surface area contributed by atoms with Crippen LogP contribution < -0.4 is 16.2 Å². The molecule has 6 nitrogen and oxygen atoms in total. The Morgan fingerprint density at radius 2 is 1.88 bits per heavy atom. The van der Waals surface area contributed by atoms with Crippen LogP contribution in [0.15, 0.2) is 47.6 Å². The smallest absolute Gasteiger partial charge is 0.280 e. The van der Waals surface area contributed by atoms with Crippen LogP contribution in [0.1, 0.15) is 10.4 Å². The number of aliphatic imine (C=N–C) groups is 1. The van der Waals surface area contributed by atoms with Crippen LogP contribution in [0, 0.1) is 0 Å². The van der Waals surface area contributed by atoms with Gasteiger partial charge in [-0.3, -0.25) is 9.78 Å². The zero-order valence-electron chi connectivity index (χ0n) is 13.7. The van der Waals surface area contributed by atoms with Crippen LogP contribution in [0.25, 0.3) is 22.0 Å². The number of fused-ring (bicyclic) bond motifs is 1. The van der Waals surface area contributed by atoms with E-state index in [1.54, 1.807) is 49.7 Å². The van der Waals surface area contributed by atoms with Crippen molar-refractivity contribution in [2.45, 2.75) is 0 Å². The van der Waals surface area contributed by atoms with Gasteiger partial charge in [0.1, 0.15) is 5.75 Å². The Kier molecular flexibility index (Phi) is 4.97. The van der Waals surface area contributed by atoms with Crippen LogP contribution in [-0.2, 0) is 0 Å². The minimum absolute atomic E-state index is 0.307. The molecule has 3 rings (SSSR count). The normalized spacial score (nSPS) is 10.6. The maximum atomic E-state index is 12.2. The highest BCUT2D eigenvalue weighted by Crippen LogP contribution is 2.37. The standard InChI is InChI=1S/C18H14Cl2N4O2/c1-26-15-7-10(19)3-5-12(15)16-13-6-9(17(25)24-18(21)22)2-4-11(13)14(20)8-23-16/h2-8H,1H3,(H4,21,22,24,25). The van der Waals surface area contributed by atoms with Crippen LogP contribution in [0.3, 0.4) is 0 Å². The summed E-state index contributed by atoms with van der Waals surface area (Å²) in [6, 6.07) is 10.2. The average molecular weight is 389 g/mol. The van der Waals surface area contributed by atoms with E-state index in [1.165, 1.54) is 0 Å². The van der Waals surface area contributed by atoms with Crippen LogP contribution in [0.5, 0.6) is 5.75 Å². The van der Waals surface area contributed by atoms with E-state index in [0.717, 1.165) is 5.39 Å². The zero-order valence-corrected chi connectivity index (χ0v) is 15.2. The molecule has 26 heavy (non-hydrogen) atoms. The molecule has 132 valence electrons. The first-order valence-corrected chi connectivity index (χ1v) is 8.22. The lowest BCUT2D eigenvalue weighted by Crippen LogP contribution is -2.24. The molecule has 0 saturated carbocycles. The lowest BCUT2D eigenvalue weighted by molar-refractivity contribution is 0.100. The number of methoxy groups -OCH3 is 1. The van der Waals surface area contributed by atoms with E-state index in [9.17, 15) is 4.79 Å². The van der Waals surface area contributed by atoms with Gasteiger partial charge in [-0.05, 0) is 30.3 Å². The third-order valence-electron chi connectivity index (χ3n) is 3.74. The van der Waals surface area contributed by atoms with Crippen molar-refractivity contribution in [2.24, 2.45) is 16.5 Å². The summed E-state index contributed by atoms with van der Waals surface area (Å²) in [4.78, 5) is 20.1. The predicted molar refractivity (Wildman–Crippen MR) is 104 cm³/mol. The fraction of sp³-hybridized carbons (Fsp3) is 0.0556. The number of benzene rings is 2. The van der Waals surface area contributed by atoms with Crippen molar-refractivity contribution in [3.63, 3.8) is 0 Å². The van der Waals surface area contributed by atoms with Crippen molar-refractivity contribution in [3.05, 3.63) is 58.2 Å². The number of halogens is 2. The number of nitrogens with two attached hydrogens (primary N) is 2. The van der Waals surface area contributed by atoms with Crippen molar-refractivity contribution in [1.82, 2.24) is 4.98 Å². The van der Waals surface area contributed by atoms with Crippen molar-refractivity contribution < 1.29 is 9.53 Å². The Bertz CT molecular complexity index is 1050. The molecule has 0 spiro atoms. The molecular formula is C18H14Cl2N4O2. The lowest BCUT2D eigenvalue weighted by atomic mass is 10.0. The summed E-state index contributed by atoms with van der Waals surface area (Å²) in [6.45, 7) is 0. The summed E-state index contributed by atoms with van der Waals surface area (Å²) in [5.74, 6) is -0.311. The van der Waals surface area contributed by atoms with Crippen LogP contribution in [0.2, 0.25) is 10.0 Å². The second-order valence-corrected chi connectivity index (χ2v) is 6.25. The Morgan fingerprint density at radius 3 is 2.58 bits per heavy atom. The van der Waals surface area contributed by atoms with Crippen LogP contribution in [-0.4, -0.2) is 24.0 Å². The van der Waals surface area contributed by atoms with Gasteiger partial charge in [-0.2, -0.15) is 4.99 Å². The molecule has 3 aromatic rings. The summed E-state index contributed by atoms with van der Waals surface area (Å²) in [7, 11) is 1.54. The molecule has 0 radical (unpaired) electrons. The largest absolute Gasteiger partial charge is 0.496 e. The third kappa shape index (κ3) is 3.42. The molecule has 8 heteroatoms. The highest BCUT2D eigenvalue weighted by atomic mass is 35.5. The quantitative estimate of drug-likeness (QED) is 0.526. The first kappa shape index (κ1) is 18.0. The number of carbonyl (C=O) groups excluding carboxylic acids is 1. The SMILES string of the molecule is COc1cc(Cl)ccc1-c1ncc(Cl)c2ccc(C(=O)N=C(N)N)cc12. The van der Waals surface area contributed by atoms with E-state index in [-0.39, 0.29) is 5.96 Å². The molecule has 1 amide bonds. The third-order valence-corrected chi connectivity index (χ3v) is 4.27. The Morgan fingerprint density at radius 1 is 1.12 bits per heavy atom. The minimum Gasteiger partial charge on any atom is -0.496 e. The molecule has 0 aliphatic rings. The molecule has 0 aliphatic carbocycles. The maximum Gasteiger partial charge on any atom is 0.280 e. The Labute approximate surface area is 159 Å². The van der Waals surface area contributed by atoms with Gasteiger partial charge >= 0.3 is 0 Å². The molecule has 1 heterocycles. The maximum absolute atomic E-state index is 12.2. The van der Waals surface area contributed by atoms with E-state index in [4.69, 9.17) is 39.4 Å². The number of amides is 1. The average Bonchev–Trinajstić information content (AvgIpc) is 2.61. The van der Waals surface area contributed by atoms with Crippen molar-refractivity contribution in [2.75, 3.05) is 7.11 Å². The van der Waals surface area contributed by atoms with E-state index in [1.807, 2.05) is 0 Å². The van der Waals surface area contributed by atoms with Crippen molar-refractivity contribution >= 4 is 45.8 Å². The van der Waals surface area contributed by atoms with E-state index >= 15 is 0 Å². The first-order chi connectivity index (χ1) is 12.4. The number of rotatable bonds is 3. The number of aromatic nitrogens is 1. The number of nitrogens with zero attached hydrogens (tertiary/aromatic N) is 2.